The average molecular weight is 687 g/mol. The minimum absolute atomic E-state index is 1.11. The van der Waals surface area contributed by atoms with Crippen LogP contribution < -0.4 is 9.80 Å². The molecule has 1 aliphatic carbocycles. The van der Waals surface area contributed by atoms with Crippen LogP contribution >= 0.6 is 0 Å². The quantitative estimate of drug-likeness (QED) is 0.0976. The molecule has 0 aliphatic heterocycles. The molecule has 10 aromatic carbocycles. The fraction of sp³-hybridized carbons (Fsp3) is 0. The van der Waals surface area contributed by atoms with Crippen LogP contribution in [0.3, 0.4) is 0 Å². The van der Waals surface area contributed by atoms with E-state index in [-0.39, 0.29) is 0 Å². The first kappa shape index (κ1) is 30.5. The standard InChI is InChI=1S/C52H34N2/c1-5-19-36(20-6-1)53(37-21-7-2-8-22-37)51-43-28-15-16-29-44(43)52(54(38-23-9-3-10-24-38)39-25-11-4-12-26-39)49-34-46-45(33-48(49)51)42-31-17-30-41-40-27-14-13-18-35(40)32-47(46)50(41)42/h1-34H. The molecule has 0 unspecified atom stereocenters. The van der Waals surface area contributed by atoms with Crippen molar-refractivity contribution in [3.63, 3.8) is 0 Å². The van der Waals surface area contributed by atoms with Crippen molar-refractivity contribution >= 4 is 77.2 Å². The number of benzene rings is 10. The van der Waals surface area contributed by atoms with E-state index in [0.717, 1.165) is 22.7 Å². The van der Waals surface area contributed by atoms with Gasteiger partial charge in [-0.3, -0.25) is 0 Å². The maximum absolute atomic E-state index is 2.49. The summed E-state index contributed by atoms with van der Waals surface area (Å²) in [5, 5.41) is 9.95. The summed E-state index contributed by atoms with van der Waals surface area (Å²) in [6.07, 6.45) is 0. The fourth-order valence-electron chi connectivity index (χ4n) is 8.83. The van der Waals surface area contributed by atoms with Crippen molar-refractivity contribution in [2.24, 2.45) is 0 Å². The van der Waals surface area contributed by atoms with E-state index in [4.69, 9.17) is 0 Å². The van der Waals surface area contributed by atoms with Crippen LogP contribution in [0.4, 0.5) is 34.1 Å². The Morgan fingerprint density at radius 1 is 0.241 bits per heavy atom. The van der Waals surface area contributed by atoms with Crippen LogP contribution in [0.15, 0.2) is 206 Å². The van der Waals surface area contributed by atoms with Crippen molar-refractivity contribution in [3.8, 4) is 22.3 Å². The molecule has 10 aromatic rings. The van der Waals surface area contributed by atoms with E-state index in [1.54, 1.807) is 0 Å². The zero-order valence-electron chi connectivity index (χ0n) is 29.5. The summed E-state index contributed by atoms with van der Waals surface area (Å²) in [5.41, 5.74) is 11.9. The predicted molar refractivity (Wildman–Crippen MR) is 230 cm³/mol. The summed E-state index contributed by atoms with van der Waals surface area (Å²) >= 11 is 0. The normalized spacial score (nSPS) is 11.7. The summed E-state index contributed by atoms with van der Waals surface area (Å²) in [6, 6.07) is 75.2. The van der Waals surface area contributed by atoms with Gasteiger partial charge in [-0.15, -0.1) is 0 Å². The molecule has 0 saturated carbocycles. The van der Waals surface area contributed by atoms with E-state index in [9.17, 15) is 0 Å². The second-order valence-electron chi connectivity index (χ2n) is 14.1. The van der Waals surface area contributed by atoms with E-state index < -0.39 is 0 Å². The third-order valence-electron chi connectivity index (χ3n) is 11.1. The Labute approximate surface area is 314 Å². The molecule has 0 aromatic heterocycles. The molecule has 252 valence electrons. The van der Waals surface area contributed by atoms with Crippen LogP contribution in [-0.4, -0.2) is 0 Å². The molecule has 0 N–H and O–H groups in total. The largest absolute Gasteiger partial charge is 0.309 e. The molecule has 1 aliphatic rings. The maximum Gasteiger partial charge on any atom is 0.0620 e. The van der Waals surface area contributed by atoms with Crippen LogP contribution in [0, 0.1) is 0 Å². The Hall–Kier alpha value is -7.16. The number of para-hydroxylation sites is 4. The molecular weight excluding hydrogens is 653 g/mol. The number of anilines is 6. The van der Waals surface area contributed by atoms with Gasteiger partial charge in [-0.25, -0.2) is 0 Å². The van der Waals surface area contributed by atoms with E-state index in [0.29, 0.717) is 0 Å². The lowest BCUT2D eigenvalue weighted by molar-refractivity contribution is 1.29. The predicted octanol–water partition coefficient (Wildman–Crippen LogP) is 14.9. The second kappa shape index (κ2) is 12.2. The minimum atomic E-state index is 1.11. The molecule has 0 atom stereocenters. The van der Waals surface area contributed by atoms with Gasteiger partial charge in [0, 0.05) is 44.3 Å². The maximum atomic E-state index is 2.49. The molecular formula is C52H34N2. The third kappa shape index (κ3) is 4.60. The highest BCUT2D eigenvalue weighted by Crippen LogP contribution is 2.56. The van der Waals surface area contributed by atoms with Crippen LogP contribution in [0.1, 0.15) is 0 Å². The van der Waals surface area contributed by atoms with Crippen LogP contribution in [-0.2, 0) is 0 Å². The van der Waals surface area contributed by atoms with Crippen molar-refractivity contribution in [2.75, 3.05) is 9.80 Å². The summed E-state index contributed by atoms with van der Waals surface area (Å²) in [5.74, 6) is 0. The van der Waals surface area contributed by atoms with E-state index in [1.807, 2.05) is 0 Å². The Balaban J connectivity index is 1.34. The van der Waals surface area contributed by atoms with E-state index in [1.165, 1.54) is 76.7 Å². The molecule has 0 bridgehead atoms. The summed E-state index contributed by atoms with van der Waals surface area (Å²) < 4.78 is 0. The molecule has 0 fully saturated rings. The number of rotatable bonds is 6. The molecule has 54 heavy (non-hydrogen) atoms. The van der Waals surface area contributed by atoms with Crippen molar-refractivity contribution in [1.29, 1.82) is 0 Å². The highest BCUT2D eigenvalue weighted by atomic mass is 15.2. The molecule has 11 rings (SSSR count). The van der Waals surface area contributed by atoms with Crippen molar-refractivity contribution in [2.45, 2.75) is 0 Å². The first-order valence-corrected chi connectivity index (χ1v) is 18.6. The SMILES string of the molecule is c1ccc(N(c2ccccc2)c2c3ccccc3c(N(c3ccccc3)c3ccccc3)c3cc4c(cc23)-c2cccc3c2c-4cc2ccccc23)cc1. The minimum Gasteiger partial charge on any atom is -0.309 e. The lowest BCUT2D eigenvalue weighted by Gasteiger charge is -2.33. The van der Waals surface area contributed by atoms with Gasteiger partial charge in [0.15, 0.2) is 0 Å². The number of nitrogens with zero attached hydrogens (tertiary/aromatic N) is 2. The molecule has 0 spiro atoms. The average Bonchev–Trinajstić information content (AvgIpc) is 3.55. The first-order chi connectivity index (χ1) is 26.8. The van der Waals surface area contributed by atoms with Crippen LogP contribution in [0.5, 0.6) is 0 Å². The molecule has 2 heteroatoms. The summed E-state index contributed by atoms with van der Waals surface area (Å²) in [6.45, 7) is 0. The Kier molecular flexibility index (Phi) is 6.90. The molecule has 0 radical (unpaired) electrons. The van der Waals surface area contributed by atoms with Gasteiger partial charge in [-0.05, 0) is 111 Å². The number of fused-ring (bicyclic) bond motifs is 7. The zero-order valence-corrected chi connectivity index (χ0v) is 29.5. The molecule has 0 saturated heterocycles. The lowest BCUT2D eigenvalue weighted by atomic mass is 9.91. The summed E-state index contributed by atoms with van der Waals surface area (Å²) in [7, 11) is 0. The van der Waals surface area contributed by atoms with Crippen LogP contribution in [0.2, 0.25) is 0 Å². The van der Waals surface area contributed by atoms with Crippen molar-refractivity contribution < 1.29 is 0 Å². The fourth-order valence-corrected chi connectivity index (χ4v) is 8.83. The molecule has 2 nitrogen and oxygen atoms in total. The number of hydrogen-bond donors (Lipinski definition) is 0. The van der Waals surface area contributed by atoms with Crippen molar-refractivity contribution in [3.05, 3.63) is 206 Å². The molecule has 0 heterocycles. The van der Waals surface area contributed by atoms with E-state index >= 15 is 0 Å². The van der Waals surface area contributed by atoms with Crippen LogP contribution in [0.25, 0.3) is 65.3 Å². The third-order valence-corrected chi connectivity index (χ3v) is 11.1. The van der Waals surface area contributed by atoms with Gasteiger partial charge in [-0.2, -0.15) is 0 Å². The number of hydrogen-bond acceptors (Lipinski definition) is 2. The Morgan fingerprint density at radius 2 is 0.630 bits per heavy atom. The Morgan fingerprint density at radius 3 is 1.11 bits per heavy atom. The summed E-state index contributed by atoms with van der Waals surface area (Å²) in [4.78, 5) is 4.90. The van der Waals surface area contributed by atoms with E-state index in [2.05, 4.69) is 216 Å². The van der Waals surface area contributed by atoms with Gasteiger partial charge in [0.25, 0.3) is 0 Å². The molecule has 0 amide bonds. The zero-order chi connectivity index (χ0) is 35.6. The van der Waals surface area contributed by atoms with Gasteiger partial charge < -0.3 is 9.80 Å². The van der Waals surface area contributed by atoms with Crippen molar-refractivity contribution in [1.82, 2.24) is 0 Å². The van der Waals surface area contributed by atoms with Gasteiger partial charge in [0.05, 0.1) is 11.4 Å². The Bertz CT molecular complexity index is 2950. The monoisotopic (exact) mass is 686 g/mol. The highest BCUT2D eigenvalue weighted by Gasteiger charge is 2.29. The van der Waals surface area contributed by atoms with Gasteiger partial charge in [0.1, 0.15) is 0 Å². The first-order valence-electron chi connectivity index (χ1n) is 18.6. The van der Waals surface area contributed by atoms with Gasteiger partial charge in [0.2, 0.25) is 0 Å². The lowest BCUT2D eigenvalue weighted by Crippen LogP contribution is -2.14. The topological polar surface area (TPSA) is 6.48 Å². The van der Waals surface area contributed by atoms with Gasteiger partial charge >= 0.3 is 0 Å². The highest BCUT2D eigenvalue weighted by molar-refractivity contribution is 6.29. The second-order valence-corrected chi connectivity index (χ2v) is 14.1. The smallest absolute Gasteiger partial charge is 0.0620 e. The van der Waals surface area contributed by atoms with Gasteiger partial charge in [-0.1, -0.05) is 140 Å².